The van der Waals surface area contributed by atoms with Crippen LogP contribution in [0.3, 0.4) is 0 Å². The molecule has 1 heterocycles. The summed E-state index contributed by atoms with van der Waals surface area (Å²) in [5, 5.41) is 9.12. The van der Waals surface area contributed by atoms with Crippen LogP contribution in [0.1, 0.15) is 71.1 Å². The van der Waals surface area contributed by atoms with Gasteiger partial charge in [0, 0.05) is 17.8 Å². The molecule has 3 aliphatic rings. The zero-order chi connectivity index (χ0) is 23.2. The van der Waals surface area contributed by atoms with Crippen LogP contribution in [0.25, 0.3) is 0 Å². The van der Waals surface area contributed by atoms with Gasteiger partial charge in [0.2, 0.25) is 11.8 Å². The van der Waals surface area contributed by atoms with E-state index in [1.165, 1.54) is 6.42 Å². The molecule has 1 saturated heterocycles. The largest absolute Gasteiger partial charge is 0.494 e. The number of carbonyl (C=O) groups is 3. The van der Waals surface area contributed by atoms with Gasteiger partial charge in [-0.1, -0.05) is 32.1 Å². The number of urea groups is 1. The molecule has 1 aliphatic heterocycles. The molecule has 2 saturated carbocycles. The molecule has 0 radical (unpaired) electrons. The van der Waals surface area contributed by atoms with Crippen molar-refractivity contribution in [2.24, 2.45) is 0 Å². The highest BCUT2D eigenvalue weighted by atomic mass is 16.5. The molecule has 3 atom stereocenters. The van der Waals surface area contributed by atoms with Crippen LogP contribution in [-0.2, 0) is 9.59 Å². The fraction of sp³-hybridized carbons (Fsp3) is 0.640. The Morgan fingerprint density at radius 2 is 1.73 bits per heavy atom. The maximum atomic E-state index is 13.4. The summed E-state index contributed by atoms with van der Waals surface area (Å²) in [5.41, 5.74) is 0.633. The standard InChI is InChI=1S/C25H36N4O4/c1-2-33-19-14-12-18(13-15-19)26-23(30)16-22-24(31)28-20-10-6-7-11-21(20)29(22)25(32)27-17-8-4-3-5-9-17/h12-15,17,20-22H,2-11,16H2,1H3,(H,26,30)(H,27,32)(H,28,31)/t20-,21+,22+/m0/s1. The molecule has 1 aromatic rings. The third-order valence-corrected chi connectivity index (χ3v) is 7.05. The number of carbonyl (C=O) groups excluding carboxylic acids is 3. The van der Waals surface area contributed by atoms with Crippen LogP contribution >= 0.6 is 0 Å². The summed E-state index contributed by atoms with van der Waals surface area (Å²) in [6, 6.07) is 6.17. The van der Waals surface area contributed by atoms with Crippen molar-refractivity contribution in [1.29, 1.82) is 0 Å². The monoisotopic (exact) mass is 456 g/mol. The molecule has 0 unspecified atom stereocenters. The summed E-state index contributed by atoms with van der Waals surface area (Å²) in [6.07, 6.45) is 9.10. The number of hydrogen-bond donors (Lipinski definition) is 3. The summed E-state index contributed by atoms with van der Waals surface area (Å²) < 4.78 is 5.44. The van der Waals surface area contributed by atoms with Crippen molar-refractivity contribution in [3.63, 3.8) is 0 Å². The molecular weight excluding hydrogens is 420 g/mol. The number of nitrogens with one attached hydrogen (secondary N) is 3. The smallest absolute Gasteiger partial charge is 0.318 e. The van der Waals surface area contributed by atoms with Crippen molar-refractivity contribution in [2.45, 2.75) is 95.3 Å². The van der Waals surface area contributed by atoms with E-state index in [-0.39, 0.29) is 42.4 Å². The quantitative estimate of drug-likeness (QED) is 0.609. The number of piperazine rings is 1. The topological polar surface area (TPSA) is 99.8 Å². The summed E-state index contributed by atoms with van der Waals surface area (Å²) in [5.74, 6) is 0.207. The third kappa shape index (κ3) is 5.78. The van der Waals surface area contributed by atoms with Crippen molar-refractivity contribution in [2.75, 3.05) is 11.9 Å². The highest BCUT2D eigenvalue weighted by molar-refractivity contribution is 5.97. The molecule has 1 aromatic carbocycles. The lowest BCUT2D eigenvalue weighted by Gasteiger charge is -2.48. The van der Waals surface area contributed by atoms with E-state index in [1.54, 1.807) is 29.2 Å². The Hall–Kier alpha value is -2.77. The van der Waals surface area contributed by atoms with Crippen LogP contribution < -0.4 is 20.7 Å². The summed E-state index contributed by atoms with van der Waals surface area (Å²) in [4.78, 5) is 41.0. The van der Waals surface area contributed by atoms with Gasteiger partial charge in [0.25, 0.3) is 0 Å². The Kier molecular flexibility index (Phi) is 7.73. The first-order valence-electron chi connectivity index (χ1n) is 12.5. The van der Waals surface area contributed by atoms with E-state index in [1.807, 2.05) is 6.92 Å². The Morgan fingerprint density at radius 3 is 2.45 bits per heavy atom. The molecule has 33 heavy (non-hydrogen) atoms. The lowest BCUT2D eigenvalue weighted by molar-refractivity contribution is -0.135. The zero-order valence-corrected chi connectivity index (χ0v) is 19.5. The van der Waals surface area contributed by atoms with Gasteiger partial charge in [-0.3, -0.25) is 9.59 Å². The summed E-state index contributed by atoms with van der Waals surface area (Å²) >= 11 is 0. The maximum Gasteiger partial charge on any atom is 0.318 e. The van der Waals surface area contributed by atoms with Crippen molar-refractivity contribution < 1.29 is 19.1 Å². The van der Waals surface area contributed by atoms with Gasteiger partial charge in [-0.25, -0.2) is 4.79 Å². The number of fused-ring (bicyclic) bond motifs is 1. The molecule has 4 amide bonds. The molecule has 2 aliphatic carbocycles. The molecular formula is C25H36N4O4. The van der Waals surface area contributed by atoms with E-state index in [2.05, 4.69) is 16.0 Å². The first-order valence-corrected chi connectivity index (χ1v) is 12.5. The van der Waals surface area contributed by atoms with E-state index >= 15 is 0 Å². The van der Waals surface area contributed by atoms with Crippen molar-refractivity contribution in [3.05, 3.63) is 24.3 Å². The average Bonchev–Trinajstić information content (AvgIpc) is 2.81. The van der Waals surface area contributed by atoms with Crippen LogP contribution in [0.5, 0.6) is 5.75 Å². The molecule has 0 spiro atoms. The SMILES string of the molecule is CCOc1ccc(NC(=O)C[C@@H]2C(=O)N[C@H]3CCCC[C@H]3N2C(=O)NC2CCCCC2)cc1. The fourth-order valence-corrected chi connectivity index (χ4v) is 5.42. The normalized spacial score (nSPS) is 25.5. The fourth-order valence-electron chi connectivity index (χ4n) is 5.42. The second kappa shape index (κ2) is 10.9. The average molecular weight is 457 g/mol. The molecule has 8 nitrogen and oxygen atoms in total. The van der Waals surface area contributed by atoms with Gasteiger partial charge in [-0.05, 0) is 56.9 Å². The van der Waals surface area contributed by atoms with Crippen LogP contribution in [-0.4, -0.2) is 53.5 Å². The van der Waals surface area contributed by atoms with Crippen LogP contribution in [0.15, 0.2) is 24.3 Å². The molecule has 3 fully saturated rings. The van der Waals surface area contributed by atoms with Crippen LogP contribution in [0.2, 0.25) is 0 Å². The maximum absolute atomic E-state index is 13.4. The Bertz CT molecular complexity index is 837. The number of anilines is 1. The minimum absolute atomic E-state index is 0.0335. The van der Waals surface area contributed by atoms with Gasteiger partial charge >= 0.3 is 6.03 Å². The number of nitrogens with zero attached hydrogens (tertiary/aromatic N) is 1. The lowest BCUT2D eigenvalue weighted by Crippen LogP contribution is -2.69. The molecule has 0 bridgehead atoms. The molecule has 0 aromatic heterocycles. The number of rotatable bonds is 6. The molecule has 4 rings (SSSR count). The minimum atomic E-state index is -0.810. The predicted molar refractivity (Wildman–Crippen MR) is 126 cm³/mol. The molecule has 8 heteroatoms. The highest BCUT2D eigenvalue weighted by Crippen LogP contribution is 2.30. The zero-order valence-electron chi connectivity index (χ0n) is 19.5. The van der Waals surface area contributed by atoms with E-state index in [0.717, 1.165) is 57.1 Å². The van der Waals surface area contributed by atoms with E-state index in [4.69, 9.17) is 4.74 Å². The number of hydrogen-bond acceptors (Lipinski definition) is 4. The predicted octanol–water partition coefficient (Wildman–Crippen LogP) is 3.57. The second-order valence-corrected chi connectivity index (χ2v) is 9.38. The van der Waals surface area contributed by atoms with Gasteiger partial charge in [0.15, 0.2) is 0 Å². The highest BCUT2D eigenvalue weighted by Gasteiger charge is 2.46. The van der Waals surface area contributed by atoms with Crippen LogP contribution in [0.4, 0.5) is 10.5 Å². The number of ether oxygens (including phenoxy) is 1. The van der Waals surface area contributed by atoms with Gasteiger partial charge < -0.3 is 25.6 Å². The summed E-state index contributed by atoms with van der Waals surface area (Å²) in [7, 11) is 0. The van der Waals surface area contributed by atoms with Gasteiger partial charge in [0.1, 0.15) is 11.8 Å². The third-order valence-electron chi connectivity index (χ3n) is 7.05. The van der Waals surface area contributed by atoms with E-state index < -0.39 is 6.04 Å². The van der Waals surface area contributed by atoms with Crippen molar-refractivity contribution in [1.82, 2.24) is 15.5 Å². The van der Waals surface area contributed by atoms with Gasteiger partial charge in [0.05, 0.1) is 19.1 Å². The molecule has 3 N–H and O–H groups in total. The van der Waals surface area contributed by atoms with Gasteiger partial charge in [-0.15, -0.1) is 0 Å². The minimum Gasteiger partial charge on any atom is -0.494 e. The van der Waals surface area contributed by atoms with E-state index in [9.17, 15) is 14.4 Å². The number of amides is 4. The number of benzene rings is 1. The Morgan fingerprint density at radius 1 is 1.03 bits per heavy atom. The Labute approximate surface area is 195 Å². The van der Waals surface area contributed by atoms with Crippen molar-refractivity contribution >= 4 is 23.5 Å². The van der Waals surface area contributed by atoms with Gasteiger partial charge in [-0.2, -0.15) is 0 Å². The molecule has 180 valence electrons. The first kappa shape index (κ1) is 23.4. The summed E-state index contributed by atoms with van der Waals surface area (Å²) in [6.45, 7) is 2.49. The van der Waals surface area contributed by atoms with Crippen LogP contribution in [0, 0.1) is 0 Å². The van der Waals surface area contributed by atoms with E-state index in [0.29, 0.717) is 12.3 Å². The first-order chi connectivity index (χ1) is 16.0. The van der Waals surface area contributed by atoms with Crippen molar-refractivity contribution in [3.8, 4) is 5.75 Å². The lowest BCUT2D eigenvalue weighted by atomic mass is 9.85. The second-order valence-electron chi connectivity index (χ2n) is 9.38. The Balaban J connectivity index is 1.46.